The molecule has 2 atom stereocenters. The molecule has 1 N–H and O–H groups in total. The molecule has 6 heteroatoms. The predicted molar refractivity (Wildman–Crippen MR) is 80.3 cm³/mol. The maximum Gasteiger partial charge on any atom is 0.307 e. The van der Waals surface area contributed by atoms with Crippen LogP contribution in [0.3, 0.4) is 0 Å². The van der Waals surface area contributed by atoms with Gasteiger partial charge in [0.25, 0.3) is 0 Å². The molecule has 0 amide bonds. The van der Waals surface area contributed by atoms with Crippen LogP contribution in [0.2, 0.25) is 0 Å². The standard InChI is InChI=1S/C15H21NO4S/c1-11-4-3-5-13(8-11)10-21(19,20)16-9-14(15(17)18)7-6-12(16)2/h3-5,8,12,14H,6-7,9-10H2,1-2H3,(H,17,18). The smallest absolute Gasteiger partial charge is 0.307 e. The second-order valence-electron chi connectivity index (χ2n) is 5.78. The van der Waals surface area contributed by atoms with Crippen LogP contribution in [0.1, 0.15) is 30.9 Å². The van der Waals surface area contributed by atoms with Gasteiger partial charge in [0.1, 0.15) is 0 Å². The number of nitrogens with zero attached hydrogens (tertiary/aromatic N) is 1. The van der Waals surface area contributed by atoms with Gasteiger partial charge in [0, 0.05) is 12.6 Å². The number of carboxylic acid groups (broad SMARTS) is 1. The molecule has 0 saturated carbocycles. The Labute approximate surface area is 125 Å². The number of sulfonamides is 1. The van der Waals surface area contributed by atoms with E-state index in [0.717, 1.165) is 11.1 Å². The van der Waals surface area contributed by atoms with E-state index in [0.29, 0.717) is 12.8 Å². The van der Waals surface area contributed by atoms with E-state index in [-0.39, 0.29) is 18.3 Å². The fourth-order valence-electron chi connectivity index (χ4n) is 2.76. The maximum absolute atomic E-state index is 12.6. The van der Waals surface area contributed by atoms with Gasteiger partial charge in [0.15, 0.2) is 0 Å². The Balaban J connectivity index is 2.19. The minimum Gasteiger partial charge on any atom is -0.481 e. The molecule has 0 aromatic heterocycles. The van der Waals surface area contributed by atoms with Crippen LogP contribution in [0.25, 0.3) is 0 Å². The molecule has 1 aliphatic heterocycles. The topological polar surface area (TPSA) is 74.7 Å². The minimum atomic E-state index is -3.50. The van der Waals surface area contributed by atoms with Crippen molar-refractivity contribution < 1.29 is 18.3 Å². The largest absolute Gasteiger partial charge is 0.481 e. The number of aryl methyl sites for hydroxylation is 1. The van der Waals surface area contributed by atoms with E-state index in [2.05, 4.69) is 0 Å². The fourth-order valence-corrected chi connectivity index (χ4v) is 4.59. The summed E-state index contributed by atoms with van der Waals surface area (Å²) in [6, 6.07) is 7.24. The van der Waals surface area contributed by atoms with E-state index in [1.807, 2.05) is 32.0 Å². The normalized spacial score (nSPS) is 23.9. The van der Waals surface area contributed by atoms with Crippen molar-refractivity contribution in [2.75, 3.05) is 6.54 Å². The average Bonchev–Trinajstić information content (AvgIpc) is 2.38. The molecule has 1 heterocycles. The Morgan fingerprint density at radius 3 is 2.71 bits per heavy atom. The van der Waals surface area contributed by atoms with Gasteiger partial charge < -0.3 is 5.11 Å². The lowest BCUT2D eigenvalue weighted by atomic mass is 9.96. The highest BCUT2D eigenvalue weighted by molar-refractivity contribution is 7.88. The van der Waals surface area contributed by atoms with Gasteiger partial charge in [-0.25, -0.2) is 8.42 Å². The summed E-state index contributed by atoms with van der Waals surface area (Å²) in [6.07, 6.45) is 1.12. The molecule has 0 radical (unpaired) electrons. The van der Waals surface area contributed by atoms with Crippen molar-refractivity contribution in [2.24, 2.45) is 5.92 Å². The zero-order valence-electron chi connectivity index (χ0n) is 12.3. The lowest BCUT2D eigenvalue weighted by Crippen LogP contribution is -2.47. The van der Waals surface area contributed by atoms with Crippen molar-refractivity contribution >= 4 is 16.0 Å². The van der Waals surface area contributed by atoms with E-state index in [4.69, 9.17) is 5.11 Å². The SMILES string of the molecule is Cc1cccc(CS(=O)(=O)N2CC(C(=O)O)CCC2C)c1. The van der Waals surface area contributed by atoms with Crippen LogP contribution in [0.4, 0.5) is 0 Å². The summed E-state index contributed by atoms with van der Waals surface area (Å²) in [5.41, 5.74) is 1.75. The highest BCUT2D eigenvalue weighted by atomic mass is 32.2. The predicted octanol–water partition coefficient (Wildman–Crippen LogP) is 2.01. The Morgan fingerprint density at radius 1 is 1.38 bits per heavy atom. The third kappa shape index (κ3) is 3.83. The third-order valence-electron chi connectivity index (χ3n) is 3.96. The summed E-state index contributed by atoms with van der Waals surface area (Å²) in [5, 5.41) is 9.11. The van der Waals surface area contributed by atoms with Crippen LogP contribution in [-0.2, 0) is 20.6 Å². The van der Waals surface area contributed by atoms with Crippen LogP contribution >= 0.6 is 0 Å². The highest BCUT2D eigenvalue weighted by Crippen LogP contribution is 2.26. The number of piperidine rings is 1. The number of carboxylic acids is 1. The van der Waals surface area contributed by atoms with Crippen molar-refractivity contribution in [3.8, 4) is 0 Å². The molecule has 2 unspecified atom stereocenters. The highest BCUT2D eigenvalue weighted by Gasteiger charge is 2.36. The minimum absolute atomic E-state index is 0.0741. The quantitative estimate of drug-likeness (QED) is 0.923. The Kier molecular flexibility index (Phi) is 4.68. The van der Waals surface area contributed by atoms with Crippen molar-refractivity contribution in [3.05, 3.63) is 35.4 Å². The maximum atomic E-state index is 12.6. The first-order valence-electron chi connectivity index (χ1n) is 7.07. The Morgan fingerprint density at radius 2 is 2.10 bits per heavy atom. The average molecular weight is 311 g/mol. The number of hydrogen-bond acceptors (Lipinski definition) is 3. The van der Waals surface area contributed by atoms with Crippen molar-refractivity contribution in [1.82, 2.24) is 4.31 Å². The second kappa shape index (κ2) is 6.15. The molecule has 2 rings (SSSR count). The number of aliphatic carboxylic acids is 1. The lowest BCUT2D eigenvalue weighted by molar-refractivity contribution is -0.143. The molecule has 0 spiro atoms. The number of rotatable bonds is 4. The number of benzene rings is 1. The molecule has 1 aromatic rings. The first kappa shape index (κ1) is 16.0. The molecule has 1 saturated heterocycles. The van der Waals surface area contributed by atoms with E-state index in [1.54, 1.807) is 6.07 Å². The first-order valence-corrected chi connectivity index (χ1v) is 8.68. The van der Waals surface area contributed by atoms with E-state index >= 15 is 0 Å². The van der Waals surface area contributed by atoms with Gasteiger partial charge in [-0.3, -0.25) is 4.79 Å². The summed E-state index contributed by atoms with van der Waals surface area (Å²) in [6.45, 7) is 3.83. The monoisotopic (exact) mass is 311 g/mol. The van der Waals surface area contributed by atoms with E-state index < -0.39 is 21.9 Å². The van der Waals surface area contributed by atoms with Gasteiger partial charge in [-0.1, -0.05) is 29.8 Å². The molecule has 0 aliphatic carbocycles. The van der Waals surface area contributed by atoms with Crippen LogP contribution < -0.4 is 0 Å². The zero-order valence-corrected chi connectivity index (χ0v) is 13.1. The molecular weight excluding hydrogens is 290 g/mol. The Hall–Kier alpha value is -1.40. The van der Waals surface area contributed by atoms with Crippen LogP contribution in [0.15, 0.2) is 24.3 Å². The summed E-state index contributed by atoms with van der Waals surface area (Å²) in [7, 11) is -3.50. The number of carbonyl (C=O) groups is 1. The van der Waals surface area contributed by atoms with Gasteiger partial charge in [0.05, 0.1) is 11.7 Å². The fraction of sp³-hybridized carbons (Fsp3) is 0.533. The zero-order chi connectivity index (χ0) is 15.6. The molecule has 0 bridgehead atoms. The van der Waals surface area contributed by atoms with E-state index in [1.165, 1.54) is 4.31 Å². The molecule has 1 aromatic carbocycles. The lowest BCUT2D eigenvalue weighted by Gasteiger charge is -2.35. The van der Waals surface area contributed by atoms with Crippen molar-refractivity contribution in [3.63, 3.8) is 0 Å². The second-order valence-corrected chi connectivity index (χ2v) is 7.70. The first-order chi connectivity index (χ1) is 9.79. The van der Waals surface area contributed by atoms with E-state index in [9.17, 15) is 13.2 Å². The summed E-state index contributed by atoms with van der Waals surface area (Å²) in [4.78, 5) is 11.1. The van der Waals surface area contributed by atoms with Crippen molar-refractivity contribution in [2.45, 2.75) is 38.5 Å². The summed E-state index contributed by atoms with van der Waals surface area (Å²) in [5.74, 6) is -1.60. The molecular formula is C15H21NO4S. The van der Waals surface area contributed by atoms with Gasteiger partial charge in [0.2, 0.25) is 10.0 Å². The van der Waals surface area contributed by atoms with Crippen molar-refractivity contribution in [1.29, 1.82) is 0 Å². The molecule has 1 fully saturated rings. The molecule has 5 nitrogen and oxygen atoms in total. The number of hydrogen-bond donors (Lipinski definition) is 1. The third-order valence-corrected chi connectivity index (χ3v) is 5.88. The Bertz CT molecular complexity index is 626. The summed E-state index contributed by atoms with van der Waals surface area (Å²) < 4.78 is 26.5. The molecule has 21 heavy (non-hydrogen) atoms. The van der Waals surface area contributed by atoms with Crippen LogP contribution in [-0.4, -0.2) is 36.4 Å². The molecule has 116 valence electrons. The van der Waals surface area contributed by atoms with Gasteiger partial charge >= 0.3 is 5.97 Å². The van der Waals surface area contributed by atoms with Crippen LogP contribution in [0, 0.1) is 12.8 Å². The van der Waals surface area contributed by atoms with Gasteiger partial charge in [-0.2, -0.15) is 4.31 Å². The molecule has 1 aliphatic rings. The summed E-state index contributed by atoms with van der Waals surface area (Å²) >= 11 is 0. The van der Waals surface area contributed by atoms with Crippen LogP contribution in [0.5, 0.6) is 0 Å². The van der Waals surface area contributed by atoms with Gasteiger partial charge in [-0.05, 0) is 32.3 Å². The van der Waals surface area contributed by atoms with Gasteiger partial charge in [-0.15, -0.1) is 0 Å².